The zero-order valence-corrected chi connectivity index (χ0v) is 17.2. The third-order valence-electron chi connectivity index (χ3n) is 4.06. The molecule has 4 nitrogen and oxygen atoms in total. The first-order valence-electron chi connectivity index (χ1n) is 7.97. The second kappa shape index (κ2) is 10.3. The van der Waals surface area contributed by atoms with E-state index in [1.54, 1.807) is 0 Å². The van der Waals surface area contributed by atoms with Gasteiger partial charge in [0.15, 0.2) is 5.96 Å². The summed E-state index contributed by atoms with van der Waals surface area (Å²) in [4.78, 5) is 10.7. The molecule has 1 aromatic heterocycles. The van der Waals surface area contributed by atoms with Gasteiger partial charge in [-0.3, -0.25) is 9.98 Å². The number of aromatic nitrogens is 1. The lowest BCUT2D eigenvalue weighted by Crippen LogP contribution is -2.39. The van der Waals surface area contributed by atoms with Crippen LogP contribution < -0.4 is 5.32 Å². The van der Waals surface area contributed by atoms with Crippen molar-refractivity contribution in [2.24, 2.45) is 4.99 Å². The summed E-state index contributed by atoms with van der Waals surface area (Å²) in [6, 6.07) is 10.5. The van der Waals surface area contributed by atoms with Crippen molar-refractivity contribution in [1.29, 1.82) is 0 Å². The van der Waals surface area contributed by atoms with Crippen LogP contribution in [0, 0.1) is 13.8 Å². The Balaban J connectivity index is 0.00000288. The van der Waals surface area contributed by atoms with Gasteiger partial charge in [0.2, 0.25) is 0 Å². The number of rotatable bonds is 5. The number of hydrogen-bond acceptors (Lipinski definition) is 2. The summed E-state index contributed by atoms with van der Waals surface area (Å²) >= 11 is 0. The van der Waals surface area contributed by atoms with Gasteiger partial charge in [-0.25, -0.2) is 0 Å². The molecule has 130 valence electrons. The van der Waals surface area contributed by atoms with Crippen LogP contribution in [0.1, 0.15) is 22.3 Å². The van der Waals surface area contributed by atoms with E-state index in [0.717, 1.165) is 25.5 Å². The first kappa shape index (κ1) is 20.4. The maximum Gasteiger partial charge on any atom is 0.193 e. The molecule has 0 bridgehead atoms. The Morgan fingerprint density at radius 1 is 1.12 bits per heavy atom. The van der Waals surface area contributed by atoms with E-state index in [2.05, 4.69) is 71.4 Å². The second-order valence-corrected chi connectivity index (χ2v) is 5.81. The Kier molecular flexibility index (Phi) is 8.74. The van der Waals surface area contributed by atoms with Gasteiger partial charge in [0.25, 0.3) is 0 Å². The SMILES string of the molecule is CN=C(NCCc1ccncc1C)N(C)Cc1ccccc1C.I. The van der Waals surface area contributed by atoms with Crippen LogP contribution in [0.3, 0.4) is 0 Å². The van der Waals surface area contributed by atoms with Crippen LogP contribution >= 0.6 is 24.0 Å². The van der Waals surface area contributed by atoms with Gasteiger partial charge in [-0.15, -0.1) is 24.0 Å². The summed E-state index contributed by atoms with van der Waals surface area (Å²) < 4.78 is 0. The molecular formula is C19H27IN4. The standard InChI is InChI=1S/C19H26N4.HI/c1-15-7-5-6-8-18(15)14-23(4)19(20-3)22-12-10-17-9-11-21-13-16(17)2;/h5-9,11,13H,10,12,14H2,1-4H3,(H,20,22);1H. The molecule has 0 amide bonds. The molecule has 2 rings (SSSR count). The number of nitrogens with zero attached hydrogens (tertiary/aromatic N) is 3. The van der Waals surface area contributed by atoms with Crippen LogP contribution in [0.4, 0.5) is 0 Å². The quantitative estimate of drug-likeness (QED) is 0.441. The minimum absolute atomic E-state index is 0. The topological polar surface area (TPSA) is 40.5 Å². The van der Waals surface area contributed by atoms with E-state index in [-0.39, 0.29) is 24.0 Å². The monoisotopic (exact) mass is 438 g/mol. The highest BCUT2D eigenvalue weighted by Gasteiger charge is 2.08. The maximum atomic E-state index is 4.39. The first-order chi connectivity index (χ1) is 11.1. The first-order valence-corrected chi connectivity index (χ1v) is 7.97. The molecule has 2 aromatic rings. The zero-order valence-electron chi connectivity index (χ0n) is 14.9. The van der Waals surface area contributed by atoms with Gasteiger partial charge >= 0.3 is 0 Å². The summed E-state index contributed by atoms with van der Waals surface area (Å²) in [5, 5.41) is 3.44. The van der Waals surface area contributed by atoms with Crippen molar-refractivity contribution in [2.75, 3.05) is 20.6 Å². The zero-order chi connectivity index (χ0) is 16.7. The van der Waals surface area contributed by atoms with Gasteiger partial charge in [0.05, 0.1) is 0 Å². The summed E-state index contributed by atoms with van der Waals surface area (Å²) in [7, 11) is 3.90. The van der Waals surface area contributed by atoms with Crippen molar-refractivity contribution in [2.45, 2.75) is 26.8 Å². The van der Waals surface area contributed by atoms with Crippen molar-refractivity contribution in [1.82, 2.24) is 15.2 Å². The van der Waals surface area contributed by atoms with Crippen LogP contribution in [0.25, 0.3) is 0 Å². The Hall–Kier alpha value is -1.63. The van der Waals surface area contributed by atoms with Crippen LogP contribution in [0.2, 0.25) is 0 Å². The lowest BCUT2D eigenvalue weighted by molar-refractivity contribution is 0.476. The van der Waals surface area contributed by atoms with Crippen molar-refractivity contribution < 1.29 is 0 Å². The minimum Gasteiger partial charge on any atom is -0.356 e. The molecule has 0 spiro atoms. The molecule has 1 aromatic carbocycles. The van der Waals surface area contributed by atoms with Gasteiger partial charge < -0.3 is 10.2 Å². The molecule has 0 unspecified atom stereocenters. The summed E-state index contributed by atoms with van der Waals surface area (Å²) in [6.45, 7) is 5.95. The number of guanidine groups is 1. The van der Waals surface area contributed by atoms with Crippen molar-refractivity contribution >= 4 is 29.9 Å². The average Bonchev–Trinajstić information content (AvgIpc) is 2.55. The highest BCUT2D eigenvalue weighted by atomic mass is 127. The number of nitrogens with one attached hydrogen (secondary N) is 1. The van der Waals surface area contributed by atoms with Crippen LogP contribution in [-0.4, -0.2) is 36.5 Å². The molecule has 0 aliphatic rings. The highest BCUT2D eigenvalue weighted by molar-refractivity contribution is 14.0. The Labute approximate surface area is 162 Å². The predicted octanol–water partition coefficient (Wildman–Crippen LogP) is 3.57. The fourth-order valence-electron chi connectivity index (χ4n) is 2.59. The van der Waals surface area contributed by atoms with Crippen LogP contribution in [-0.2, 0) is 13.0 Å². The number of halogens is 1. The van der Waals surface area contributed by atoms with Gasteiger partial charge in [-0.2, -0.15) is 0 Å². The second-order valence-electron chi connectivity index (χ2n) is 5.81. The van der Waals surface area contributed by atoms with E-state index in [4.69, 9.17) is 0 Å². The van der Waals surface area contributed by atoms with E-state index in [0.29, 0.717) is 0 Å². The van der Waals surface area contributed by atoms with E-state index in [9.17, 15) is 0 Å². The van der Waals surface area contributed by atoms with E-state index in [1.165, 1.54) is 22.3 Å². The van der Waals surface area contributed by atoms with Crippen molar-refractivity contribution in [3.05, 3.63) is 65.0 Å². The average molecular weight is 438 g/mol. The molecule has 0 saturated carbocycles. The lowest BCUT2D eigenvalue weighted by Gasteiger charge is -2.23. The normalized spacial score (nSPS) is 10.9. The van der Waals surface area contributed by atoms with E-state index >= 15 is 0 Å². The van der Waals surface area contributed by atoms with Gasteiger partial charge in [-0.05, 0) is 48.6 Å². The summed E-state index contributed by atoms with van der Waals surface area (Å²) in [5.41, 5.74) is 5.19. The number of aryl methyl sites for hydroxylation is 2. The van der Waals surface area contributed by atoms with Crippen molar-refractivity contribution in [3.8, 4) is 0 Å². The Morgan fingerprint density at radius 2 is 1.88 bits per heavy atom. The molecule has 0 aliphatic heterocycles. The van der Waals surface area contributed by atoms with E-state index < -0.39 is 0 Å². The largest absolute Gasteiger partial charge is 0.356 e. The van der Waals surface area contributed by atoms with Gasteiger partial charge in [-0.1, -0.05) is 24.3 Å². The maximum absolute atomic E-state index is 4.39. The molecule has 0 atom stereocenters. The molecule has 0 saturated heterocycles. The third kappa shape index (κ3) is 5.78. The Morgan fingerprint density at radius 3 is 2.54 bits per heavy atom. The number of hydrogen-bond donors (Lipinski definition) is 1. The minimum atomic E-state index is 0. The van der Waals surface area contributed by atoms with Crippen LogP contribution in [0.15, 0.2) is 47.7 Å². The Bertz CT molecular complexity index is 670. The molecule has 5 heteroatoms. The van der Waals surface area contributed by atoms with Crippen molar-refractivity contribution in [3.63, 3.8) is 0 Å². The summed E-state index contributed by atoms with van der Waals surface area (Å²) in [6.07, 6.45) is 4.72. The fraction of sp³-hybridized carbons (Fsp3) is 0.368. The molecule has 1 heterocycles. The fourth-order valence-corrected chi connectivity index (χ4v) is 2.59. The highest BCUT2D eigenvalue weighted by Crippen LogP contribution is 2.09. The smallest absolute Gasteiger partial charge is 0.193 e. The molecule has 0 fully saturated rings. The third-order valence-corrected chi connectivity index (χ3v) is 4.06. The predicted molar refractivity (Wildman–Crippen MR) is 112 cm³/mol. The molecule has 0 aliphatic carbocycles. The molecule has 24 heavy (non-hydrogen) atoms. The summed E-state index contributed by atoms with van der Waals surface area (Å²) in [5.74, 6) is 0.917. The molecule has 0 radical (unpaired) electrons. The molecule has 1 N–H and O–H groups in total. The number of benzene rings is 1. The van der Waals surface area contributed by atoms with Crippen LogP contribution in [0.5, 0.6) is 0 Å². The molecular weight excluding hydrogens is 411 g/mol. The van der Waals surface area contributed by atoms with Gasteiger partial charge in [0, 0.05) is 39.6 Å². The van der Waals surface area contributed by atoms with Gasteiger partial charge in [0.1, 0.15) is 0 Å². The van der Waals surface area contributed by atoms with E-state index in [1.807, 2.05) is 19.4 Å². The lowest BCUT2D eigenvalue weighted by atomic mass is 10.1. The number of pyridine rings is 1. The number of aliphatic imine (C=N–C) groups is 1.